The van der Waals surface area contributed by atoms with Gasteiger partial charge in [0.2, 0.25) is 0 Å². The van der Waals surface area contributed by atoms with E-state index in [9.17, 15) is 0 Å². The number of benzene rings is 1. The van der Waals surface area contributed by atoms with Crippen LogP contribution in [0.5, 0.6) is 5.75 Å². The van der Waals surface area contributed by atoms with Crippen LogP contribution in [0.3, 0.4) is 0 Å². The van der Waals surface area contributed by atoms with Gasteiger partial charge in [-0.3, -0.25) is 0 Å². The Morgan fingerprint density at radius 1 is 1.15 bits per heavy atom. The number of nitrogens with zero attached hydrogens (tertiary/aromatic N) is 3. The molecule has 2 aromatic heterocycles. The SMILES string of the molecule is N#C[C@@H]1CCC[C@H](Oc2ccc3c(Nc4ccc(Cl)nc4)nccc3c2)C1. The summed E-state index contributed by atoms with van der Waals surface area (Å²) in [5.74, 6) is 1.69. The summed E-state index contributed by atoms with van der Waals surface area (Å²) in [5.41, 5.74) is 0.824. The Kier molecular flexibility index (Phi) is 5.08. The van der Waals surface area contributed by atoms with Gasteiger partial charge < -0.3 is 10.1 Å². The highest BCUT2D eigenvalue weighted by Crippen LogP contribution is 2.31. The van der Waals surface area contributed by atoms with Crippen molar-refractivity contribution in [2.45, 2.75) is 31.8 Å². The highest BCUT2D eigenvalue weighted by molar-refractivity contribution is 6.29. The Hall–Kier alpha value is -2.84. The lowest BCUT2D eigenvalue weighted by Crippen LogP contribution is -2.24. The number of ether oxygens (including phenoxy) is 1. The first-order valence-corrected chi connectivity index (χ1v) is 9.43. The fourth-order valence-electron chi connectivity index (χ4n) is 3.48. The van der Waals surface area contributed by atoms with E-state index in [4.69, 9.17) is 21.6 Å². The molecule has 1 aliphatic carbocycles. The second-order valence-electron chi connectivity index (χ2n) is 6.77. The Morgan fingerprint density at radius 3 is 2.89 bits per heavy atom. The predicted octanol–water partition coefficient (Wildman–Crippen LogP) is 5.49. The number of rotatable bonds is 4. The van der Waals surface area contributed by atoms with Crippen LogP contribution in [-0.4, -0.2) is 16.1 Å². The van der Waals surface area contributed by atoms with Gasteiger partial charge in [-0.15, -0.1) is 0 Å². The molecule has 0 aliphatic heterocycles. The zero-order valence-electron chi connectivity index (χ0n) is 14.7. The van der Waals surface area contributed by atoms with Crippen LogP contribution in [0, 0.1) is 17.2 Å². The number of pyridine rings is 2. The van der Waals surface area contributed by atoms with Gasteiger partial charge in [-0.2, -0.15) is 5.26 Å². The van der Waals surface area contributed by atoms with E-state index in [2.05, 4.69) is 21.4 Å². The highest BCUT2D eigenvalue weighted by atomic mass is 35.5. The van der Waals surface area contributed by atoms with Crippen molar-refractivity contribution in [2.24, 2.45) is 5.92 Å². The average molecular weight is 379 g/mol. The number of halogens is 1. The average Bonchev–Trinajstić information content (AvgIpc) is 2.70. The molecule has 0 spiro atoms. The van der Waals surface area contributed by atoms with E-state index in [-0.39, 0.29) is 12.0 Å². The van der Waals surface area contributed by atoms with E-state index in [0.29, 0.717) is 5.15 Å². The van der Waals surface area contributed by atoms with Crippen molar-refractivity contribution in [3.05, 3.63) is 53.9 Å². The van der Waals surface area contributed by atoms with Gasteiger partial charge in [-0.05, 0) is 61.0 Å². The fourth-order valence-corrected chi connectivity index (χ4v) is 3.59. The first-order valence-electron chi connectivity index (χ1n) is 9.05. The highest BCUT2D eigenvalue weighted by Gasteiger charge is 2.23. The summed E-state index contributed by atoms with van der Waals surface area (Å²) in [6, 6.07) is 13.9. The summed E-state index contributed by atoms with van der Waals surface area (Å²) in [5, 5.41) is 14.9. The molecule has 0 radical (unpaired) electrons. The van der Waals surface area contributed by atoms with Gasteiger partial charge in [-0.1, -0.05) is 11.6 Å². The van der Waals surface area contributed by atoms with Crippen molar-refractivity contribution in [3.63, 3.8) is 0 Å². The molecule has 0 unspecified atom stereocenters. The molecule has 0 amide bonds. The number of anilines is 2. The zero-order chi connectivity index (χ0) is 18.6. The van der Waals surface area contributed by atoms with Crippen molar-refractivity contribution in [1.29, 1.82) is 5.26 Å². The Morgan fingerprint density at radius 2 is 2.07 bits per heavy atom. The number of fused-ring (bicyclic) bond motifs is 1. The van der Waals surface area contributed by atoms with Crippen LogP contribution < -0.4 is 10.1 Å². The molecular weight excluding hydrogens is 360 g/mol. The summed E-state index contributed by atoms with van der Waals surface area (Å²) in [6.45, 7) is 0. The number of hydrogen-bond acceptors (Lipinski definition) is 5. The zero-order valence-corrected chi connectivity index (χ0v) is 15.5. The molecule has 27 heavy (non-hydrogen) atoms. The summed E-state index contributed by atoms with van der Waals surface area (Å²) in [6.07, 6.45) is 7.39. The molecule has 0 bridgehead atoms. The van der Waals surface area contributed by atoms with Gasteiger partial charge in [0.05, 0.1) is 24.1 Å². The van der Waals surface area contributed by atoms with E-state index >= 15 is 0 Å². The second kappa shape index (κ2) is 7.81. The third-order valence-electron chi connectivity index (χ3n) is 4.84. The lowest BCUT2D eigenvalue weighted by atomic mass is 9.88. The first kappa shape index (κ1) is 17.6. The monoisotopic (exact) mass is 378 g/mol. The van der Waals surface area contributed by atoms with Gasteiger partial charge in [0, 0.05) is 23.9 Å². The molecule has 5 nitrogen and oxygen atoms in total. The lowest BCUT2D eigenvalue weighted by molar-refractivity contribution is 0.138. The molecule has 4 rings (SSSR count). The van der Waals surface area contributed by atoms with Crippen LogP contribution >= 0.6 is 11.6 Å². The number of hydrogen-bond donors (Lipinski definition) is 1. The quantitative estimate of drug-likeness (QED) is 0.608. The third kappa shape index (κ3) is 4.12. The van der Waals surface area contributed by atoms with Crippen molar-refractivity contribution in [2.75, 3.05) is 5.32 Å². The van der Waals surface area contributed by atoms with Crippen molar-refractivity contribution < 1.29 is 4.74 Å². The summed E-state index contributed by atoms with van der Waals surface area (Å²) in [7, 11) is 0. The van der Waals surface area contributed by atoms with Crippen molar-refractivity contribution >= 4 is 33.9 Å². The van der Waals surface area contributed by atoms with Crippen molar-refractivity contribution in [3.8, 4) is 11.8 Å². The van der Waals surface area contributed by atoms with Gasteiger partial charge >= 0.3 is 0 Å². The maximum Gasteiger partial charge on any atom is 0.138 e. The molecule has 0 saturated heterocycles. The number of nitrogens with one attached hydrogen (secondary N) is 1. The number of aromatic nitrogens is 2. The normalized spacial score (nSPS) is 19.4. The molecule has 1 fully saturated rings. The van der Waals surface area contributed by atoms with Crippen molar-refractivity contribution in [1.82, 2.24) is 9.97 Å². The van der Waals surface area contributed by atoms with Crippen LogP contribution in [0.15, 0.2) is 48.8 Å². The molecule has 136 valence electrons. The van der Waals surface area contributed by atoms with E-state index in [1.807, 2.05) is 30.3 Å². The molecular formula is C21H19ClN4O. The Bertz CT molecular complexity index is 984. The van der Waals surface area contributed by atoms with E-state index < -0.39 is 0 Å². The maximum atomic E-state index is 9.15. The van der Waals surface area contributed by atoms with Gasteiger partial charge in [-0.25, -0.2) is 9.97 Å². The standard InChI is InChI=1S/C21H19ClN4O/c22-20-7-4-16(13-25-20)26-21-19-6-5-18(11-15(19)8-9-24-21)27-17-3-1-2-14(10-17)12-23/h4-9,11,13-14,17H,1-3,10H2,(H,24,26)/t14-,17+/m1/s1. The smallest absolute Gasteiger partial charge is 0.138 e. The Labute approximate surface area is 163 Å². The lowest BCUT2D eigenvalue weighted by Gasteiger charge is -2.26. The topological polar surface area (TPSA) is 70.8 Å². The van der Waals surface area contributed by atoms with Gasteiger partial charge in [0.1, 0.15) is 16.7 Å². The van der Waals surface area contributed by atoms with Crippen LogP contribution in [0.25, 0.3) is 10.8 Å². The van der Waals surface area contributed by atoms with E-state index in [1.54, 1.807) is 18.5 Å². The second-order valence-corrected chi connectivity index (χ2v) is 7.16. The third-order valence-corrected chi connectivity index (χ3v) is 5.06. The maximum absolute atomic E-state index is 9.15. The molecule has 2 heterocycles. The van der Waals surface area contributed by atoms with Crippen LogP contribution in [0.2, 0.25) is 5.15 Å². The predicted molar refractivity (Wildman–Crippen MR) is 106 cm³/mol. The molecule has 6 heteroatoms. The minimum absolute atomic E-state index is 0.109. The molecule has 2 atom stereocenters. The molecule has 1 N–H and O–H groups in total. The minimum Gasteiger partial charge on any atom is -0.490 e. The Balaban J connectivity index is 1.55. The molecule has 1 aromatic carbocycles. The fraction of sp³-hybridized carbons (Fsp3) is 0.286. The van der Waals surface area contributed by atoms with Crippen LogP contribution in [0.4, 0.5) is 11.5 Å². The van der Waals surface area contributed by atoms with E-state index in [0.717, 1.165) is 53.7 Å². The first-order chi connectivity index (χ1) is 13.2. The molecule has 1 aliphatic rings. The summed E-state index contributed by atoms with van der Waals surface area (Å²) >= 11 is 5.84. The van der Waals surface area contributed by atoms with Crippen LogP contribution in [-0.2, 0) is 0 Å². The van der Waals surface area contributed by atoms with Crippen LogP contribution in [0.1, 0.15) is 25.7 Å². The van der Waals surface area contributed by atoms with E-state index in [1.165, 1.54) is 0 Å². The summed E-state index contributed by atoms with van der Waals surface area (Å²) in [4.78, 5) is 8.52. The molecule has 1 saturated carbocycles. The van der Waals surface area contributed by atoms with Gasteiger partial charge in [0.25, 0.3) is 0 Å². The minimum atomic E-state index is 0.109. The largest absolute Gasteiger partial charge is 0.490 e. The number of nitriles is 1. The summed E-state index contributed by atoms with van der Waals surface area (Å²) < 4.78 is 6.15. The molecule has 3 aromatic rings. The van der Waals surface area contributed by atoms with Gasteiger partial charge in [0.15, 0.2) is 0 Å².